The molecule has 142 valence electrons. The van der Waals surface area contributed by atoms with Gasteiger partial charge in [0.1, 0.15) is 5.39 Å². The van der Waals surface area contributed by atoms with Gasteiger partial charge in [0.25, 0.3) is 0 Å². The van der Waals surface area contributed by atoms with Gasteiger partial charge in [0.15, 0.2) is 126 Å². The van der Waals surface area contributed by atoms with Crippen LogP contribution in [0.1, 0.15) is 0 Å². The summed E-state index contributed by atoms with van der Waals surface area (Å²) in [7, 11) is 0. The number of fused-ring (bicyclic) bond motifs is 1. The fourth-order valence-electron chi connectivity index (χ4n) is 2.39. The first kappa shape index (κ1) is 21.1. The average Bonchev–Trinajstić information content (AvgIpc) is 2.67. The van der Waals surface area contributed by atoms with Crippen LogP contribution in [0.25, 0.3) is 22.3 Å². The van der Waals surface area contributed by atoms with Gasteiger partial charge in [0.2, 0.25) is 16.9 Å². The Morgan fingerprint density at radius 2 is 1.48 bits per heavy atom. The maximum absolute atomic E-state index is 13.0. The van der Waals surface area contributed by atoms with Crippen LogP contribution >= 0.6 is 92.0 Å². The molecule has 0 aliphatic rings. The van der Waals surface area contributed by atoms with Crippen molar-refractivity contribution in [2.24, 2.45) is 0 Å². The van der Waals surface area contributed by atoms with Crippen molar-refractivity contribution in [1.82, 2.24) is 0 Å². The van der Waals surface area contributed by atoms with E-state index in [4.69, 9.17) is 16.7 Å². The Hall–Kier alpha value is -0.630. The van der Waals surface area contributed by atoms with E-state index >= 15 is 0 Å². The van der Waals surface area contributed by atoms with E-state index in [1.807, 2.05) is 0 Å². The molecule has 2 N–H and O–H groups in total. The van der Waals surface area contributed by atoms with Gasteiger partial charge in [-0.1, -0.05) is 0 Å². The van der Waals surface area contributed by atoms with Gasteiger partial charge < -0.3 is 26.9 Å². The number of aromatic hydroxyl groups is 2. The lowest BCUT2D eigenvalue weighted by molar-refractivity contribution is 0.451. The maximum atomic E-state index is 13.0. The molecule has 2 aromatic carbocycles. The normalized spacial score (nSPS) is 10.7. The molecule has 0 fully saturated rings. The lowest BCUT2D eigenvalue weighted by Gasteiger charge is -2.13. The number of hydrogen-bond acceptors (Lipinski definition) is 8. The third-order valence-corrected chi connectivity index (χ3v) is 5.40. The Morgan fingerprint density at radius 1 is 0.815 bits per heavy atom. The fraction of sp³-hybridized carbons (Fsp3) is 0. The van der Waals surface area contributed by atoms with Gasteiger partial charge in [-0.05, 0) is 18.2 Å². The molecule has 12 heteroatoms. The zero-order valence-corrected chi connectivity index (χ0v) is 21.3. The van der Waals surface area contributed by atoms with Gasteiger partial charge in [-0.25, -0.2) is 0 Å². The van der Waals surface area contributed by atoms with Crippen LogP contribution in [0.15, 0.2) is 33.5 Å². The number of phenolic OH excluding ortho intramolecular Hbond substituents is 2. The fourth-order valence-corrected chi connectivity index (χ4v) is 3.92. The Balaban J connectivity index is 2.46. The first-order valence-electron chi connectivity index (χ1n) is 6.81. The second-order valence-electron chi connectivity index (χ2n) is 5.01. The minimum atomic E-state index is -0.521. The number of halogens is 4. The van der Waals surface area contributed by atoms with E-state index in [0.717, 1.165) is 0 Å². The monoisotopic (exact) mass is 822 g/mol. The first-order valence-corrected chi connectivity index (χ1v) is 10.3. The highest BCUT2D eigenvalue weighted by Crippen LogP contribution is 2.45. The Kier molecular flexibility index (Phi) is 6.88. The lowest BCUT2D eigenvalue weighted by Crippen LogP contribution is -2.07. The van der Waals surface area contributed by atoms with E-state index in [1.54, 1.807) is 92.0 Å². The summed E-state index contributed by atoms with van der Waals surface area (Å²) in [6, 6.07) is 5.65. The van der Waals surface area contributed by atoms with E-state index in [1.165, 1.54) is 24.3 Å². The average molecular weight is 822 g/mol. The van der Waals surface area contributed by atoms with Crippen molar-refractivity contribution < 1.29 is 26.9 Å². The van der Waals surface area contributed by atoms with Crippen molar-refractivity contribution in [1.29, 1.82) is 0 Å². The predicted octanol–water partition coefficient (Wildman–Crippen LogP) is 5.79. The van der Waals surface area contributed by atoms with Crippen LogP contribution in [0.4, 0.5) is 0 Å². The molecule has 0 saturated heterocycles. The van der Waals surface area contributed by atoms with Gasteiger partial charge >= 0.3 is 0 Å². The van der Waals surface area contributed by atoms with Gasteiger partial charge in [-0.3, -0.25) is 4.79 Å². The SMILES string of the molecule is O=c1c(OI)c(-c2ccc(O)c(OI)c2)oc2c(OI)c(O)cc(OI)c12. The van der Waals surface area contributed by atoms with Gasteiger partial charge in [0.05, 0.1) is 0 Å². The molecule has 3 rings (SSSR count). The van der Waals surface area contributed by atoms with Crippen molar-refractivity contribution >= 4 is 103 Å². The summed E-state index contributed by atoms with van der Waals surface area (Å²) in [4.78, 5) is 13.0. The van der Waals surface area contributed by atoms with Crippen molar-refractivity contribution in [3.63, 3.8) is 0 Å². The quantitative estimate of drug-likeness (QED) is 0.312. The smallest absolute Gasteiger partial charge is 0.240 e. The molecule has 0 radical (unpaired) electrons. The van der Waals surface area contributed by atoms with E-state index in [0.29, 0.717) is 5.56 Å². The molecule has 0 saturated carbocycles. The van der Waals surface area contributed by atoms with E-state index in [2.05, 4.69) is 0 Å². The summed E-state index contributed by atoms with van der Waals surface area (Å²) in [5.41, 5.74) is -0.129. The Morgan fingerprint density at radius 3 is 2.07 bits per heavy atom. The van der Waals surface area contributed by atoms with Crippen molar-refractivity contribution in [3.05, 3.63) is 34.5 Å². The minimum absolute atomic E-state index is 0.0155. The molecule has 0 amide bonds. The highest BCUT2D eigenvalue weighted by atomic mass is 127. The molecule has 3 aromatic rings. The van der Waals surface area contributed by atoms with Crippen LogP contribution < -0.4 is 17.7 Å². The van der Waals surface area contributed by atoms with E-state index in [9.17, 15) is 15.0 Å². The predicted molar refractivity (Wildman–Crippen MR) is 130 cm³/mol. The zero-order chi connectivity index (χ0) is 19.7. The van der Waals surface area contributed by atoms with Crippen molar-refractivity contribution in [2.45, 2.75) is 0 Å². The Bertz CT molecular complexity index is 1080. The number of hydrogen-bond donors (Lipinski definition) is 2. The van der Waals surface area contributed by atoms with Crippen LogP contribution in [0.3, 0.4) is 0 Å². The van der Waals surface area contributed by atoms with Crippen LogP contribution in [0.2, 0.25) is 0 Å². The highest BCUT2D eigenvalue weighted by Gasteiger charge is 2.26. The summed E-state index contributed by atoms with van der Waals surface area (Å²) in [6.07, 6.45) is 0. The van der Waals surface area contributed by atoms with Gasteiger partial charge in [0, 0.05) is 11.6 Å². The number of phenols is 2. The summed E-state index contributed by atoms with van der Waals surface area (Å²) in [6.45, 7) is 0. The molecule has 1 aromatic heterocycles. The number of benzene rings is 2. The molecule has 0 aliphatic heterocycles. The summed E-state index contributed by atoms with van der Waals surface area (Å²) in [5.74, 6) is -0.134. The van der Waals surface area contributed by atoms with Crippen LogP contribution in [-0.2, 0) is 0 Å². The Labute approximate surface area is 207 Å². The molecule has 0 spiro atoms. The molecule has 1 heterocycles. The van der Waals surface area contributed by atoms with Gasteiger partial charge in [-0.15, -0.1) is 0 Å². The maximum Gasteiger partial charge on any atom is 0.240 e. The molecule has 8 nitrogen and oxygen atoms in total. The van der Waals surface area contributed by atoms with E-state index < -0.39 is 5.43 Å². The highest BCUT2D eigenvalue weighted by molar-refractivity contribution is 14.1. The van der Waals surface area contributed by atoms with Crippen molar-refractivity contribution in [3.8, 4) is 45.8 Å². The second-order valence-corrected chi connectivity index (χ2v) is 6.77. The molecule has 0 atom stereocenters. The summed E-state index contributed by atoms with van der Waals surface area (Å²) >= 11 is 6.36. The van der Waals surface area contributed by atoms with Gasteiger partial charge in [-0.2, -0.15) is 0 Å². The summed E-state index contributed by atoms with van der Waals surface area (Å²) < 4.78 is 26.5. The van der Waals surface area contributed by atoms with Crippen LogP contribution in [0, 0.1) is 0 Å². The largest absolute Gasteiger partial charge is 0.504 e. The molecule has 27 heavy (non-hydrogen) atoms. The van der Waals surface area contributed by atoms with Crippen LogP contribution in [-0.4, -0.2) is 10.2 Å². The molecule has 0 unspecified atom stereocenters. The lowest BCUT2D eigenvalue weighted by atomic mass is 10.1. The topological polar surface area (TPSA) is 108 Å². The number of rotatable bonds is 5. The van der Waals surface area contributed by atoms with Crippen molar-refractivity contribution in [2.75, 3.05) is 0 Å². The molecular formula is C15H6I4O8. The standard InChI is InChI=1S/C15H6I4O8/c16-24-8-3-5(1-2-6(8)20)12-15(27-19)11(22)10-9(25-17)4-7(21)13(26-18)14(10)23-12/h1-4,20-21H. The summed E-state index contributed by atoms with van der Waals surface area (Å²) in [5, 5.41) is 20.0. The molecule has 0 aliphatic carbocycles. The first-order chi connectivity index (χ1) is 13.0. The molecule has 0 bridgehead atoms. The van der Waals surface area contributed by atoms with Crippen LogP contribution in [0.5, 0.6) is 34.5 Å². The third-order valence-electron chi connectivity index (χ3n) is 3.57. The van der Waals surface area contributed by atoms with E-state index in [-0.39, 0.29) is 51.2 Å². The zero-order valence-electron chi connectivity index (χ0n) is 12.7. The molecular weight excluding hydrogens is 816 g/mol. The minimum Gasteiger partial charge on any atom is -0.504 e. The second kappa shape index (κ2) is 8.80. The third kappa shape index (κ3) is 3.80.